The lowest BCUT2D eigenvalue weighted by Crippen LogP contribution is -2.05. The Morgan fingerprint density at radius 3 is 2.84 bits per heavy atom. The first-order valence-electron chi connectivity index (χ1n) is 6.72. The predicted octanol–water partition coefficient (Wildman–Crippen LogP) is 2.64. The summed E-state index contributed by atoms with van der Waals surface area (Å²) in [5, 5.41) is 10.2. The van der Waals surface area contributed by atoms with Gasteiger partial charge in [0.2, 0.25) is 0 Å². The molecule has 0 amide bonds. The summed E-state index contributed by atoms with van der Waals surface area (Å²) in [5.74, 6) is -0.884. The van der Waals surface area contributed by atoms with E-state index in [0.29, 0.717) is 12.1 Å². The number of aromatic carboxylic acids is 1. The highest BCUT2D eigenvalue weighted by atomic mass is 16.4. The number of carboxylic acid groups (broad SMARTS) is 1. The van der Waals surface area contributed by atoms with E-state index in [1.54, 1.807) is 12.1 Å². The number of carbonyl (C=O) groups is 1. The zero-order valence-corrected chi connectivity index (χ0v) is 11.2. The third-order valence-corrected chi connectivity index (χ3v) is 3.33. The van der Waals surface area contributed by atoms with Crippen molar-refractivity contribution in [2.45, 2.75) is 32.7 Å². The molecule has 0 spiro atoms. The summed E-state index contributed by atoms with van der Waals surface area (Å²) in [7, 11) is 0. The van der Waals surface area contributed by atoms with E-state index in [1.807, 2.05) is 6.07 Å². The maximum absolute atomic E-state index is 11.1. The van der Waals surface area contributed by atoms with Gasteiger partial charge in [0.15, 0.2) is 0 Å². The van der Waals surface area contributed by atoms with Crippen LogP contribution in [0.25, 0.3) is 10.9 Å². The molecule has 0 saturated carbocycles. The van der Waals surface area contributed by atoms with Crippen LogP contribution in [0.1, 0.15) is 35.7 Å². The van der Waals surface area contributed by atoms with Gasteiger partial charge in [-0.1, -0.05) is 19.4 Å². The van der Waals surface area contributed by atoms with Crippen molar-refractivity contribution in [1.29, 1.82) is 0 Å². The Morgan fingerprint density at radius 2 is 2.21 bits per heavy atom. The number of carboxylic acids is 1. The quantitative estimate of drug-likeness (QED) is 0.839. The largest absolute Gasteiger partial charge is 0.478 e. The fraction of sp³-hybridized carbons (Fsp3) is 0.400. The highest BCUT2D eigenvalue weighted by Gasteiger charge is 2.11. The molecular weight excluding hydrogens is 240 g/mol. The number of benzene rings is 1. The Balaban J connectivity index is 2.51. The summed E-state index contributed by atoms with van der Waals surface area (Å²) < 4.78 is 2.12. The van der Waals surface area contributed by atoms with Crippen LogP contribution in [0.4, 0.5) is 0 Å². The fourth-order valence-electron chi connectivity index (χ4n) is 2.42. The van der Waals surface area contributed by atoms with E-state index in [9.17, 15) is 4.79 Å². The monoisotopic (exact) mass is 260 g/mol. The van der Waals surface area contributed by atoms with E-state index in [-0.39, 0.29) is 0 Å². The first-order valence-corrected chi connectivity index (χ1v) is 6.72. The molecule has 2 aromatic rings. The zero-order valence-electron chi connectivity index (χ0n) is 11.2. The Labute approximate surface area is 112 Å². The van der Waals surface area contributed by atoms with Crippen molar-refractivity contribution < 1.29 is 9.90 Å². The lowest BCUT2D eigenvalue weighted by atomic mass is 10.1. The zero-order chi connectivity index (χ0) is 13.8. The minimum Gasteiger partial charge on any atom is -0.478 e. The number of aromatic nitrogens is 1. The second-order valence-corrected chi connectivity index (χ2v) is 4.78. The fourth-order valence-corrected chi connectivity index (χ4v) is 2.42. The molecule has 0 aliphatic carbocycles. The van der Waals surface area contributed by atoms with Crippen molar-refractivity contribution in [1.82, 2.24) is 4.57 Å². The molecule has 1 aromatic carbocycles. The number of hydrogen-bond acceptors (Lipinski definition) is 2. The molecule has 0 atom stereocenters. The van der Waals surface area contributed by atoms with Crippen LogP contribution in [0.5, 0.6) is 0 Å². The lowest BCUT2D eigenvalue weighted by molar-refractivity contribution is 0.0697. The normalized spacial score (nSPS) is 11.1. The first-order chi connectivity index (χ1) is 9.17. The summed E-state index contributed by atoms with van der Waals surface area (Å²) >= 11 is 0. The molecule has 102 valence electrons. The third kappa shape index (κ3) is 2.79. The minimum atomic E-state index is -0.884. The highest BCUT2D eigenvalue weighted by molar-refractivity contribution is 5.94. The lowest BCUT2D eigenvalue weighted by Gasteiger charge is -2.04. The van der Waals surface area contributed by atoms with E-state index < -0.39 is 5.97 Å². The molecule has 1 heterocycles. The van der Waals surface area contributed by atoms with E-state index >= 15 is 0 Å². The predicted molar refractivity (Wildman–Crippen MR) is 76.6 cm³/mol. The number of aryl methyl sites for hydroxylation is 2. The molecule has 4 nitrogen and oxygen atoms in total. The number of rotatable bonds is 6. The van der Waals surface area contributed by atoms with Crippen molar-refractivity contribution >= 4 is 16.9 Å². The van der Waals surface area contributed by atoms with E-state index in [1.165, 1.54) is 5.56 Å². The SMILES string of the molecule is CCCc1cn(CCCN)c2cc(C(=O)O)ccc12. The maximum Gasteiger partial charge on any atom is 0.335 e. The molecule has 1 aromatic heterocycles. The van der Waals surface area contributed by atoms with Gasteiger partial charge in [-0.05, 0) is 37.1 Å². The van der Waals surface area contributed by atoms with Gasteiger partial charge >= 0.3 is 5.97 Å². The van der Waals surface area contributed by atoms with Crippen LogP contribution in [0.15, 0.2) is 24.4 Å². The van der Waals surface area contributed by atoms with E-state index in [4.69, 9.17) is 10.8 Å². The van der Waals surface area contributed by atoms with Crippen LogP contribution in [0.2, 0.25) is 0 Å². The van der Waals surface area contributed by atoms with Crippen LogP contribution < -0.4 is 5.73 Å². The average molecular weight is 260 g/mol. The Morgan fingerprint density at radius 1 is 1.42 bits per heavy atom. The molecule has 0 aliphatic heterocycles. The van der Waals surface area contributed by atoms with Gasteiger partial charge in [0.1, 0.15) is 0 Å². The van der Waals surface area contributed by atoms with Crippen molar-refractivity contribution in [3.63, 3.8) is 0 Å². The molecular formula is C15H20N2O2. The standard InChI is InChI=1S/C15H20N2O2/c1-2-4-12-10-17(8-3-7-16)14-9-11(15(18)19)5-6-13(12)14/h5-6,9-10H,2-4,7-8,16H2,1H3,(H,18,19). The summed E-state index contributed by atoms with van der Waals surface area (Å²) in [5.41, 5.74) is 8.17. The Bertz CT molecular complexity index is 587. The molecule has 0 fully saturated rings. The van der Waals surface area contributed by atoms with Gasteiger partial charge in [-0.3, -0.25) is 0 Å². The second-order valence-electron chi connectivity index (χ2n) is 4.78. The van der Waals surface area contributed by atoms with Crippen LogP contribution in [-0.4, -0.2) is 22.2 Å². The van der Waals surface area contributed by atoms with Crippen LogP contribution in [0, 0.1) is 0 Å². The molecule has 0 radical (unpaired) electrons. The molecule has 0 aliphatic rings. The summed E-state index contributed by atoms with van der Waals surface area (Å²) in [6.07, 6.45) is 5.12. The molecule has 3 N–H and O–H groups in total. The summed E-state index contributed by atoms with van der Waals surface area (Å²) in [6.45, 7) is 3.62. The van der Waals surface area contributed by atoms with Crippen molar-refractivity contribution in [3.8, 4) is 0 Å². The Hall–Kier alpha value is -1.81. The molecule has 19 heavy (non-hydrogen) atoms. The summed E-state index contributed by atoms with van der Waals surface area (Å²) in [4.78, 5) is 11.1. The highest BCUT2D eigenvalue weighted by Crippen LogP contribution is 2.24. The van der Waals surface area contributed by atoms with Gasteiger partial charge in [0.25, 0.3) is 0 Å². The van der Waals surface area contributed by atoms with Crippen molar-refractivity contribution in [3.05, 3.63) is 35.5 Å². The van der Waals surface area contributed by atoms with E-state index in [0.717, 1.165) is 36.7 Å². The van der Waals surface area contributed by atoms with Crippen LogP contribution >= 0.6 is 0 Å². The van der Waals surface area contributed by atoms with Crippen LogP contribution in [0.3, 0.4) is 0 Å². The molecule has 0 unspecified atom stereocenters. The number of nitrogens with two attached hydrogens (primary N) is 1. The molecule has 0 saturated heterocycles. The van der Waals surface area contributed by atoms with Crippen molar-refractivity contribution in [2.24, 2.45) is 5.73 Å². The third-order valence-electron chi connectivity index (χ3n) is 3.33. The first kappa shape index (κ1) is 13.6. The van der Waals surface area contributed by atoms with Gasteiger partial charge in [-0.25, -0.2) is 4.79 Å². The molecule has 0 bridgehead atoms. The molecule has 4 heteroatoms. The summed E-state index contributed by atoms with van der Waals surface area (Å²) in [6, 6.07) is 5.35. The van der Waals surface area contributed by atoms with Gasteiger partial charge in [-0.2, -0.15) is 0 Å². The Kier molecular flexibility index (Phi) is 4.22. The van der Waals surface area contributed by atoms with E-state index in [2.05, 4.69) is 17.7 Å². The average Bonchev–Trinajstić information content (AvgIpc) is 2.74. The van der Waals surface area contributed by atoms with Gasteiger partial charge < -0.3 is 15.4 Å². The second kappa shape index (κ2) is 5.89. The minimum absolute atomic E-state index is 0.336. The van der Waals surface area contributed by atoms with Crippen LogP contribution in [-0.2, 0) is 13.0 Å². The number of nitrogens with zero attached hydrogens (tertiary/aromatic N) is 1. The number of fused-ring (bicyclic) bond motifs is 1. The molecule has 2 rings (SSSR count). The number of hydrogen-bond donors (Lipinski definition) is 2. The topological polar surface area (TPSA) is 68.2 Å². The van der Waals surface area contributed by atoms with Gasteiger partial charge in [0, 0.05) is 23.6 Å². The smallest absolute Gasteiger partial charge is 0.335 e. The maximum atomic E-state index is 11.1. The van der Waals surface area contributed by atoms with Crippen molar-refractivity contribution in [2.75, 3.05) is 6.54 Å². The van der Waals surface area contributed by atoms with Gasteiger partial charge in [-0.15, -0.1) is 0 Å². The van der Waals surface area contributed by atoms with Gasteiger partial charge in [0.05, 0.1) is 5.56 Å².